The van der Waals surface area contributed by atoms with E-state index in [2.05, 4.69) is 4.74 Å². The Bertz CT molecular complexity index is 398. The van der Waals surface area contributed by atoms with Crippen molar-refractivity contribution >= 4 is 11.9 Å². The summed E-state index contributed by atoms with van der Waals surface area (Å²) >= 11 is 0. The lowest BCUT2D eigenvalue weighted by Crippen LogP contribution is -2.37. The van der Waals surface area contributed by atoms with Gasteiger partial charge in [0.2, 0.25) is 0 Å². The van der Waals surface area contributed by atoms with E-state index in [1.807, 2.05) is 6.92 Å². The fourth-order valence-corrected chi connectivity index (χ4v) is 1.59. The van der Waals surface area contributed by atoms with Crippen molar-refractivity contribution in [3.05, 3.63) is 24.0 Å². The Kier molecular flexibility index (Phi) is 4.75. The highest BCUT2D eigenvalue weighted by Gasteiger charge is 2.19. The van der Waals surface area contributed by atoms with Crippen LogP contribution in [0.2, 0.25) is 0 Å². The molecule has 0 aliphatic heterocycles. The molecule has 5 heteroatoms. The van der Waals surface area contributed by atoms with Crippen LogP contribution in [0.15, 0.2) is 18.3 Å². The van der Waals surface area contributed by atoms with E-state index in [4.69, 9.17) is 0 Å². The van der Waals surface area contributed by atoms with E-state index in [-0.39, 0.29) is 12.5 Å². The Balaban J connectivity index is 2.80. The van der Waals surface area contributed by atoms with Gasteiger partial charge in [-0.3, -0.25) is 9.59 Å². The summed E-state index contributed by atoms with van der Waals surface area (Å²) in [7, 11) is 3.12. The summed E-state index contributed by atoms with van der Waals surface area (Å²) in [6.45, 7) is 2.50. The van der Waals surface area contributed by atoms with Crippen LogP contribution in [0.25, 0.3) is 0 Å². The van der Waals surface area contributed by atoms with E-state index in [0.717, 1.165) is 6.42 Å². The van der Waals surface area contributed by atoms with Gasteiger partial charge in [0, 0.05) is 19.8 Å². The number of rotatable bonds is 5. The quantitative estimate of drug-likeness (QED) is 0.720. The minimum absolute atomic E-state index is 0.00560. The smallest absolute Gasteiger partial charge is 0.325 e. The van der Waals surface area contributed by atoms with Crippen LogP contribution in [0.1, 0.15) is 23.8 Å². The number of carbonyl (C=O) groups excluding carboxylic acids is 2. The fourth-order valence-electron chi connectivity index (χ4n) is 1.59. The lowest BCUT2D eigenvalue weighted by molar-refractivity contribution is -0.141. The lowest BCUT2D eigenvalue weighted by atomic mass is 10.3. The monoisotopic (exact) mass is 238 g/mol. The molecule has 1 aromatic rings. The second kappa shape index (κ2) is 6.08. The topological polar surface area (TPSA) is 51.5 Å². The molecule has 1 heterocycles. The molecule has 0 spiro atoms. The van der Waals surface area contributed by atoms with Gasteiger partial charge in [-0.2, -0.15) is 0 Å². The summed E-state index contributed by atoms with van der Waals surface area (Å²) in [6, 6.07) is 3.54. The van der Waals surface area contributed by atoms with Gasteiger partial charge >= 0.3 is 5.97 Å². The molecule has 1 aromatic heterocycles. The third kappa shape index (κ3) is 3.34. The van der Waals surface area contributed by atoms with E-state index in [1.54, 1.807) is 29.9 Å². The summed E-state index contributed by atoms with van der Waals surface area (Å²) in [5.41, 5.74) is 0.572. The first-order valence-electron chi connectivity index (χ1n) is 5.57. The summed E-state index contributed by atoms with van der Waals surface area (Å²) in [5, 5.41) is 0. The van der Waals surface area contributed by atoms with Gasteiger partial charge in [0.15, 0.2) is 0 Å². The standard InChI is InChI=1S/C12H18N2O3/c1-4-7-14(9-11(15)17-3)12(16)10-6-5-8-13(10)2/h5-6,8H,4,7,9H2,1-3H3. The molecule has 1 amide bonds. The number of aryl methyl sites for hydroxylation is 1. The predicted molar refractivity (Wildman–Crippen MR) is 63.6 cm³/mol. The van der Waals surface area contributed by atoms with E-state index < -0.39 is 5.97 Å². The van der Waals surface area contributed by atoms with Crippen molar-refractivity contribution in [1.29, 1.82) is 0 Å². The number of amides is 1. The lowest BCUT2D eigenvalue weighted by Gasteiger charge is -2.20. The zero-order valence-electron chi connectivity index (χ0n) is 10.5. The van der Waals surface area contributed by atoms with E-state index >= 15 is 0 Å². The summed E-state index contributed by atoms with van der Waals surface area (Å²) in [5.74, 6) is -0.550. The molecule has 0 N–H and O–H groups in total. The number of hydrogen-bond acceptors (Lipinski definition) is 3. The van der Waals surface area contributed by atoms with Gasteiger partial charge in [0.1, 0.15) is 12.2 Å². The van der Waals surface area contributed by atoms with Crippen LogP contribution in [0, 0.1) is 0 Å². The molecule has 1 rings (SSSR count). The van der Waals surface area contributed by atoms with E-state index in [9.17, 15) is 9.59 Å². The van der Waals surface area contributed by atoms with Crippen LogP contribution in [-0.4, -0.2) is 41.5 Å². The van der Waals surface area contributed by atoms with Crippen LogP contribution >= 0.6 is 0 Å². The molecule has 0 unspecified atom stereocenters. The molecule has 0 fully saturated rings. The Labute approximate surface area is 101 Å². The third-order valence-corrected chi connectivity index (χ3v) is 2.49. The van der Waals surface area contributed by atoms with Crippen molar-refractivity contribution < 1.29 is 14.3 Å². The number of carbonyl (C=O) groups is 2. The van der Waals surface area contributed by atoms with Crippen LogP contribution < -0.4 is 0 Å². The maximum absolute atomic E-state index is 12.2. The zero-order chi connectivity index (χ0) is 12.8. The third-order valence-electron chi connectivity index (χ3n) is 2.49. The maximum atomic E-state index is 12.2. The molecular formula is C12H18N2O3. The number of hydrogen-bond donors (Lipinski definition) is 0. The number of methoxy groups -OCH3 is 1. The Morgan fingerprint density at radius 3 is 2.65 bits per heavy atom. The first kappa shape index (κ1) is 13.3. The second-order valence-corrected chi connectivity index (χ2v) is 3.81. The van der Waals surface area contributed by atoms with Crippen molar-refractivity contribution in [1.82, 2.24) is 9.47 Å². The van der Waals surface area contributed by atoms with Gasteiger partial charge < -0.3 is 14.2 Å². The van der Waals surface area contributed by atoms with Crippen LogP contribution in [0.3, 0.4) is 0 Å². The van der Waals surface area contributed by atoms with Gasteiger partial charge in [-0.25, -0.2) is 0 Å². The van der Waals surface area contributed by atoms with Crippen LogP contribution in [0.5, 0.6) is 0 Å². The molecule has 0 bridgehead atoms. The predicted octanol–water partition coefficient (Wildman–Crippen LogP) is 1.05. The molecule has 0 aliphatic carbocycles. The molecule has 0 aromatic carbocycles. The molecule has 0 aliphatic rings. The fraction of sp³-hybridized carbons (Fsp3) is 0.500. The molecule has 0 saturated carbocycles. The number of ether oxygens (including phenoxy) is 1. The summed E-state index contributed by atoms with van der Waals surface area (Å²) in [4.78, 5) is 24.9. The first-order valence-corrected chi connectivity index (χ1v) is 5.57. The molecule has 0 saturated heterocycles. The van der Waals surface area contributed by atoms with Crippen LogP contribution in [-0.2, 0) is 16.6 Å². The van der Waals surface area contributed by atoms with E-state index in [0.29, 0.717) is 12.2 Å². The molecule has 17 heavy (non-hydrogen) atoms. The highest BCUT2D eigenvalue weighted by molar-refractivity contribution is 5.94. The zero-order valence-corrected chi connectivity index (χ0v) is 10.5. The summed E-state index contributed by atoms with van der Waals surface area (Å²) < 4.78 is 6.32. The number of esters is 1. The largest absolute Gasteiger partial charge is 0.468 e. The van der Waals surface area contributed by atoms with Gasteiger partial charge in [-0.15, -0.1) is 0 Å². The molecular weight excluding hydrogens is 220 g/mol. The van der Waals surface area contributed by atoms with Gasteiger partial charge in [0.05, 0.1) is 7.11 Å². The van der Waals surface area contributed by atoms with Gasteiger partial charge in [0.25, 0.3) is 5.91 Å². The Morgan fingerprint density at radius 1 is 1.47 bits per heavy atom. The average molecular weight is 238 g/mol. The highest BCUT2D eigenvalue weighted by Crippen LogP contribution is 2.06. The second-order valence-electron chi connectivity index (χ2n) is 3.81. The minimum atomic E-state index is -0.402. The van der Waals surface area contributed by atoms with Crippen LogP contribution in [0.4, 0.5) is 0 Å². The normalized spacial score (nSPS) is 10.1. The van der Waals surface area contributed by atoms with Crippen molar-refractivity contribution in [3.8, 4) is 0 Å². The number of nitrogens with zero attached hydrogens (tertiary/aromatic N) is 2. The first-order chi connectivity index (χ1) is 8.10. The summed E-state index contributed by atoms with van der Waals surface area (Å²) in [6.07, 6.45) is 2.60. The Hall–Kier alpha value is -1.78. The number of aromatic nitrogens is 1. The minimum Gasteiger partial charge on any atom is -0.468 e. The molecule has 94 valence electrons. The van der Waals surface area contributed by atoms with Crippen molar-refractivity contribution in [3.63, 3.8) is 0 Å². The van der Waals surface area contributed by atoms with Crippen molar-refractivity contribution in [2.24, 2.45) is 7.05 Å². The van der Waals surface area contributed by atoms with E-state index in [1.165, 1.54) is 12.0 Å². The molecule has 0 atom stereocenters. The van der Waals surface area contributed by atoms with Gasteiger partial charge in [-0.05, 0) is 18.6 Å². The van der Waals surface area contributed by atoms with Crippen molar-refractivity contribution in [2.75, 3.05) is 20.2 Å². The average Bonchev–Trinajstić information content (AvgIpc) is 2.73. The van der Waals surface area contributed by atoms with Gasteiger partial charge in [-0.1, -0.05) is 6.92 Å². The molecule has 0 radical (unpaired) electrons. The molecule has 5 nitrogen and oxygen atoms in total. The Morgan fingerprint density at radius 2 is 2.18 bits per heavy atom. The maximum Gasteiger partial charge on any atom is 0.325 e. The SMILES string of the molecule is CCCN(CC(=O)OC)C(=O)c1cccn1C. The highest BCUT2D eigenvalue weighted by atomic mass is 16.5. The van der Waals surface area contributed by atoms with Crippen molar-refractivity contribution in [2.45, 2.75) is 13.3 Å².